The summed E-state index contributed by atoms with van der Waals surface area (Å²) in [5, 5.41) is 0.915. The monoisotopic (exact) mass is 483 g/mol. The average Bonchev–Trinajstić information content (AvgIpc) is 3.03. The number of hydrogen-bond acceptors (Lipinski definition) is 5. The molecule has 0 amide bonds. The zero-order chi connectivity index (χ0) is 18.3. The second-order valence-electron chi connectivity index (χ2n) is 6.59. The third-order valence-electron chi connectivity index (χ3n) is 5.03. The molecule has 5 nitrogen and oxygen atoms in total. The van der Waals surface area contributed by atoms with Crippen molar-refractivity contribution in [2.24, 2.45) is 0 Å². The fraction of sp³-hybridized carbons (Fsp3) is 0.333. The first-order chi connectivity index (χ1) is 12.6. The molecule has 2 aromatic heterocycles. The maximum Gasteiger partial charge on any atom is 0.156 e. The predicted octanol–water partition coefficient (Wildman–Crippen LogP) is 4.22. The quantitative estimate of drug-likeness (QED) is 0.522. The van der Waals surface area contributed by atoms with Gasteiger partial charge in [-0.2, -0.15) is 0 Å². The Morgan fingerprint density at radius 1 is 1.19 bits per heavy atom. The standard InChI is InChI=1S/C18H19FIN5S/c1-12-9-24(8-7-23(12)2)17-16-14(13-5-3-4-6-15(13)19)10-25(26-20)18(16)22-11-21-17/h3-6,10-12H,7-9H2,1-2H3. The van der Waals surface area contributed by atoms with Crippen LogP contribution in [0, 0.1) is 5.82 Å². The Morgan fingerprint density at radius 2 is 2.00 bits per heavy atom. The van der Waals surface area contributed by atoms with Crippen LogP contribution in [0.1, 0.15) is 6.92 Å². The van der Waals surface area contributed by atoms with Crippen LogP contribution in [0.5, 0.6) is 0 Å². The lowest BCUT2D eigenvalue weighted by Crippen LogP contribution is -2.50. The van der Waals surface area contributed by atoms with Crippen LogP contribution in [0.4, 0.5) is 10.2 Å². The summed E-state index contributed by atoms with van der Waals surface area (Å²) in [6.07, 6.45) is 3.56. The van der Waals surface area contributed by atoms with Crippen LogP contribution >= 0.6 is 30.3 Å². The molecule has 8 heteroatoms. The molecule has 1 fully saturated rings. The first-order valence-corrected chi connectivity index (χ1v) is 11.8. The van der Waals surface area contributed by atoms with E-state index in [0.29, 0.717) is 11.6 Å². The van der Waals surface area contributed by atoms with E-state index in [1.807, 2.05) is 22.3 Å². The van der Waals surface area contributed by atoms with Crippen LogP contribution in [0.25, 0.3) is 22.2 Å². The summed E-state index contributed by atoms with van der Waals surface area (Å²) in [5.74, 6) is 0.656. The van der Waals surface area contributed by atoms with Crippen LogP contribution in [-0.2, 0) is 0 Å². The van der Waals surface area contributed by atoms with E-state index in [-0.39, 0.29) is 5.82 Å². The highest BCUT2D eigenvalue weighted by atomic mass is 127. The van der Waals surface area contributed by atoms with E-state index in [9.17, 15) is 4.39 Å². The topological polar surface area (TPSA) is 37.2 Å². The minimum atomic E-state index is -0.230. The second kappa shape index (κ2) is 7.32. The Labute approximate surface area is 168 Å². The largest absolute Gasteiger partial charge is 0.353 e. The molecule has 3 heterocycles. The van der Waals surface area contributed by atoms with Gasteiger partial charge in [0.1, 0.15) is 18.0 Å². The fourth-order valence-corrected chi connectivity index (χ4v) is 4.69. The molecular formula is C18H19FIN5S. The van der Waals surface area contributed by atoms with E-state index in [4.69, 9.17) is 0 Å². The SMILES string of the molecule is CC1CN(c2ncnc3c2c(-c2ccccc2F)cn3SI)CCN1C. The van der Waals surface area contributed by atoms with E-state index in [0.717, 1.165) is 42.0 Å². The minimum absolute atomic E-state index is 0.230. The number of likely N-dealkylation sites (N-methyl/N-ethyl adjacent to an activating group) is 1. The van der Waals surface area contributed by atoms with Gasteiger partial charge in [-0.25, -0.2) is 14.4 Å². The normalized spacial score (nSPS) is 18.6. The number of nitrogens with zero attached hydrogens (tertiary/aromatic N) is 5. The highest BCUT2D eigenvalue weighted by Crippen LogP contribution is 2.39. The Kier molecular flexibility index (Phi) is 5.07. The number of hydrogen-bond donors (Lipinski definition) is 0. The molecule has 26 heavy (non-hydrogen) atoms. The first-order valence-electron chi connectivity index (χ1n) is 8.45. The zero-order valence-corrected chi connectivity index (χ0v) is 17.5. The van der Waals surface area contributed by atoms with E-state index in [2.05, 4.69) is 54.9 Å². The average molecular weight is 483 g/mol. The highest BCUT2D eigenvalue weighted by molar-refractivity contribution is 14.2. The van der Waals surface area contributed by atoms with Crippen molar-refractivity contribution in [2.75, 3.05) is 31.6 Å². The smallest absolute Gasteiger partial charge is 0.156 e. The lowest BCUT2D eigenvalue weighted by molar-refractivity contribution is 0.233. The van der Waals surface area contributed by atoms with Crippen molar-refractivity contribution in [3.8, 4) is 11.1 Å². The molecule has 4 rings (SSSR count). The van der Waals surface area contributed by atoms with Crippen LogP contribution < -0.4 is 4.90 Å². The van der Waals surface area contributed by atoms with Gasteiger partial charge in [0.05, 0.1) is 5.39 Å². The van der Waals surface area contributed by atoms with Gasteiger partial charge in [-0.05, 0) is 20.0 Å². The van der Waals surface area contributed by atoms with Gasteiger partial charge in [-0.3, -0.25) is 3.97 Å². The van der Waals surface area contributed by atoms with Crippen molar-refractivity contribution in [1.82, 2.24) is 18.8 Å². The van der Waals surface area contributed by atoms with Crippen LogP contribution in [-0.4, -0.2) is 51.6 Å². The summed E-state index contributed by atoms with van der Waals surface area (Å²) in [4.78, 5) is 13.7. The molecule has 1 aliphatic rings. The molecule has 1 atom stereocenters. The number of rotatable bonds is 3. The molecule has 1 aromatic carbocycles. The Bertz CT molecular complexity index is 946. The van der Waals surface area contributed by atoms with Gasteiger partial charge >= 0.3 is 0 Å². The van der Waals surface area contributed by atoms with Gasteiger partial charge in [0.25, 0.3) is 0 Å². The van der Waals surface area contributed by atoms with Crippen molar-refractivity contribution in [2.45, 2.75) is 13.0 Å². The number of anilines is 1. The molecule has 0 bridgehead atoms. The zero-order valence-electron chi connectivity index (χ0n) is 14.6. The Hall–Kier alpha value is -1.39. The first kappa shape index (κ1) is 18.0. The summed E-state index contributed by atoms with van der Waals surface area (Å²) in [7, 11) is 3.67. The summed E-state index contributed by atoms with van der Waals surface area (Å²) in [6, 6.07) is 7.32. The Morgan fingerprint density at radius 3 is 2.73 bits per heavy atom. The second-order valence-corrected chi connectivity index (χ2v) is 8.30. The number of fused-ring (bicyclic) bond motifs is 1. The van der Waals surface area contributed by atoms with E-state index in [1.54, 1.807) is 12.4 Å². The molecule has 136 valence electrons. The molecule has 0 spiro atoms. The number of piperazine rings is 1. The van der Waals surface area contributed by atoms with E-state index in [1.165, 1.54) is 15.2 Å². The third kappa shape index (κ3) is 3.07. The van der Waals surface area contributed by atoms with E-state index >= 15 is 0 Å². The molecule has 0 radical (unpaired) electrons. The molecule has 0 saturated carbocycles. The van der Waals surface area contributed by atoms with Gasteiger partial charge in [0, 0.05) is 73.3 Å². The summed E-state index contributed by atoms with van der Waals surface area (Å²) in [5.41, 5.74) is 2.24. The number of aromatic nitrogens is 3. The van der Waals surface area contributed by atoms with Crippen LogP contribution in [0.3, 0.4) is 0 Å². The molecule has 0 aliphatic carbocycles. The summed E-state index contributed by atoms with van der Waals surface area (Å²) in [6.45, 7) is 4.98. The Balaban J connectivity index is 1.92. The van der Waals surface area contributed by atoms with Gasteiger partial charge in [0.15, 0.2) is 5.65 Å². The molecule has 0 N–H and O–H groups in total. The number of benzene rings is 1. The van der Waals surface area contributed by atoms with Gasteiger partial charge in [-0.1, -0.05) is 18.2 Å². The van der Waals surface area contributed by atoms with Crippen LogP contribution in [0.2, 0.25) is 0 Å². The predicted molar refractivity (Wildman–Crippen MR) is 114 cm³/mol. The third-order valence-corrected chi connectivity index (χ3v) is 6.73. The lowest BCUT2D eigenvalue weighted by Gasteiger charge is -2.38. The van der Waals surface area contributed by atoms with Crippen LogP contribution in [0.15, 0.2) is 36.8 Å². The molecular weight excluding hydrogens is 464 g/mol. The molecule has 3 aromatic rings. The number of halogens is 2. The summed E-state index contributed by atoms with van der Waals surface area (Å²) >= 11 is 2.22. The van der Waals surface area contributed by atoms with Gasteiger partial charge < -0.3 is 9.80 Å². The fourth-order valence-electron chi connectivity index (χ4n) is 3.44. The molecule has 1 saturated heterocycles. The van der Waals surface area contributed by atoms with Crippen molar-refractivity contribution in [3.05, 3.63) is 42.6 Å². The van der Waals surface area contributed by atoms with Crippen molar-refractivity contribution < 1.29 is 4.39 Å². The lowest BCUT2D eigenvalue weighted by atomic mass is 10.0. The highest BCUT2D eigenvalue weighted by Gasteiger charge is 2.26. The van der Waals surface area contributed by atoms with Crippen molar-refractivity contribution in [1.29, 1.82) is 0 Å². The summed E-state index contributed by atoms with van der Waals surface area (Å²) < 4.78 is 16.5. The van der Waals surface area contributed by atoms with E-state index < -0.39 is 0 Å². The van der Waals surface area contributed by atoms with Crippen molar-refractivity contribution in [3.63, 3.8) is 0 Å². The van der Waals surface area contributed by atoms with Gasteiger partial charge in [-0.15, -0.1) is 0 Å². The van der Waals surface area contributed by atoms with Crippen molar-refractivity contribution >= 4 is 47.2 Å². The molecule has 1 unspecified atom stereocenters. The maximum atomic E-state index is 14.5. The van der Waals surface area contributed by atoms with Gasteiger partial charge in [0.2, 0.25) is 0 Å². The minimum Gasteiger partial charge on any atom is -0.353 e. The molecule has 1 aliphatic heterocycles. The maximum absolute atomic E-state index is 14.5.